The summed E-state index contributed by atoms with van der Waals surface area (Å²) < 4.78 is 5.68. The Bertz CT molecular complexity index is 499. The average molecular weight is 330 g/mol. The molecule has 0 fully saturated rings. The van der Waals surface area contributed by atoms with Crippen molar-refractivity contribution >= 4 is 27.8 Å². The van der Waals surface area contributed by atoms with Gasteiger partial charge in [0.1, 0.15) is 5.75 Å². The molecule has 104 valence electrons. The van der Waals surface area contributed by atoms with Crippen LogP contribution in [-0.2, 0) is 4.79 Å². The number of carbonyl (C=O) groups is 2. The van der Waals surface area contributed by atoms with Crippen molar-refractivity contribution in [2.45, 2.75) is 25.8 Å². The monoisotopic (exact) mass is 329 g/mol. The Morgan fingerprint density at radius 1 is 1.42 bits per heavy atom. The fraction of sp³-hybridized carbons (Fsp3) is 0.385. The van der Waals surface area contributed by atoms with Crippen LogP contribution in [0.3, 0.4) is 0 Å². The normalized spacial score (nSPS) is 10.9. The molecule has 0 radical (unpaired) electrons. The standard InChI is InChI=1S/C13H16BrNO4/c1-13(2,7-11(16)17)15-12(18)9-6-8(19-3)4-5-10(9)14/h4-6H,7H2,1-3H3,(H,15,18)(H,16,17). The number of carboxylic acid groups (broad SMARTS) is 1. The number of amides is 1. The Kier molecular flexibility index (Phi) is 4.94. The van der Waals surface area contributed by atoms with Crippen molar-refractivity contribution in [1.82, 2.24) is 5.32 Å². The smallest absolute Gasteiger partial charge is 0.305 e. The number of aliphatic carboxylic acids is 1. The number of nitrogens with one attached hydrogen (secondary N) is 1. The average Bonchev–Trinajstić information content (AvgIpc) is 2.26. The van der Waals surface area contributed by atoms with E-state index in [2.05, 4.69) is 21.2 Å². The summed E-state index contributed by atoms with van der Waals surface area (Å²) in [6, 6.07) is 5.03. The van der Waals surface area contributed by atoms with Gasteiger partial charge in [0.15, 0.2) is 0 Å². The zero-order chi connectivity index (χ0) is 14.6. The molecule has 1 rings (SSSR count). The molecule has 1 aromatic carbocycles. The van der Waals surface area contributed by atoms with Gasteiger partial charge in [-0.25, -0.2) is 0 Å². The fourth-order valence-corrected chi connectivity index (χ4v) is 2.03. The number of hydrogen-bond acceptors (Lipinski definition) is 3. The number of ether oxygens (including phenoxy) is 1. The van der Waals surface area contributed by atoms with E-state index in [4.69, 9.17) is 9.84 Å². The van der Waals surface area contributed by atoms with Gasteiger partial charge in [-0.05, 0) is 48.0 Å². The SMILES string of the molecule is COc1ccc(Br)c(C(=O)NC(C)(C)CC(=O)O)c1. The highest BCUT2D eigenvalue weighted by Crippen LogP contribution is 2.23. The Morgan fingerprint density at radius 3 is 2.58 bits per heavy atom. The zero-order valence-corrected chi connectivity index (χ0v) is 12.6. The number of carbonyl (C=O) groups excluding carboxylic acids is 1. The largest absolute Gasteiger partial charge is 0.497 e. The van der Waals surface area contributed by atoms with E-state index in [0.29, 0.717) is 15.8 Å². The highest BCUT2D eigenvalue weighted by Gasteiger charge is 2.25. The Morgan fingerprint density at radius 2 is 2.05 bits per heavy atom. The van der Waals surface area contributed by atoms with E-state index in [1.165, 1.54) is 7.11 Å². The maximum absolute atomic E-state index is 12.1. The van der Waals surface area contributed by atoms with E-state index in [1.807, 2.05) is 0 Å². The topological polar surface area (TPSA) is 75.6 Å². The Balaban J connectivity index is 2.92. The molecule has 0 saturated heterocycles. The number of benzene rings is 1. The van der Waals surface area contributed by atoms with Crippen molar-refractivity contribution in [1.29, 1.82) is 0 Å². The third-order valence-corrected chi connectivity index (χ3v) is 3.15. The van der Waals surface area contributed by atoms with E-state index in [0.717, 1.165) is 0 Å². The van der Waals surface area contributed by atoms with E-state index in [9.17, 15) is 9.59 Å². The van der Waals surface area contributed by atoms with Crippen LogP contribution in [0.2, 0.25) is 0 Å². The van der Waals surface area contributed by atoms with Crippen molar-refractivity contribution in [2.75, 3.05) is 7.11 Å². The lowest BCUT2D eigenvalue weighted by atomic mass is 10.00. The molecule has 0 aliphatic carbocycles. The summed E-state index contributed by atoms with van der Waals surface area (Å²) in [7, 11) is 1.51. The molecule has 0 aromatic heterocycles. The molecule has 2 N–H and O–H groups in total. The molecule has 0 aliphatic rings. The third-order valence-electron chi connectivity index (χ3n) is 2.46. The van der Waals surface area contributed by atoms with Crippen LogP contribution in [0.4, 0.5) is 0 Å². The first kappa shape index (κ1) is 15.5. The molecule has 0 saturated carbocycles. The highest BCUT2D eigenvalue weighted by atomic mass is 79.9. The molecule has 0 unspecified atom stereocenters. The molecule has 1 aromatic rings. The molecule has 0 spiro atoms. The zero-order valence-electron chi connectivity index (χ0n) is 11.0. The quantitative estimate of drug-likeness (QED) is 0.869. The van der Waals surface area contributed by atoms with Crippen molar-refractivity contribution < 1.29 is 19.4 Å². The van der Waals surface area contributed by atoms with Crippen LogP contribution < -0.4 is 10.1 Å². The summed E-state index contributed by atoms with van der Waals surface area (Å²) in [6.45, 7) is 3.32. The Labute approximate surface area is 120 Å². The lowest BCUT2D eigenvalue weighted by molar-refractivity contribution is -0.138. The number of rotatable bonds is 5. The minimum atomic E-state index is -0.963. The molecular formula is C13H16BrNO4. The van der Waals surface area contributed by atoms with Gasteiger partial charge in [-0.2, -0.15) is 0 Å². The summed E-state index contributed by atoms with van der Waals surface area (Å²) in [5.74, 6) is -0.753. The van der Waals surface area contributed by atoms with Crippen LogP contribution in [0.5, 0.6) is 5.75 Å². The predicted octanol–water partition coefficient (Wildman–Crippen LogP) is 2.44. The van der Waals surface area contributed by atoms with E-state index < -0.39 is 11.5 Å². The van der Waals surface area contributed by atoms with E-state index in [1.54, 1.807) is 32.0 Å². The third kappa shape index (κ3) is 4.55. The predicted molar refractivity (Wildman–Crippen MR) is 74.5 cm³/mol. The minimum Gasteiger partial charge on any atom is -0.497 e. The second kappa shape index (κ2) is 6.06. The van der Waals surface area contributed by atoms with Gasteiger partial charge in [0.25, 0.3) is 5.91 Å². The van der Waals surface area contributed by atoms with Crippen LogP contribution >= 0.6 is 15.9 Å². The highest BCUT2D eigenvalue weighted by molar-refractivity contribution is 9.10. The van der Waals surface area contributed by atoms with E-state index in [-0.39, 0.29) is 12.3 Å². The van der Waals surface area contributed by atoms with Crippen LogP contribution in [0.1, 0.15) is 30.6 Å². The van der Waals surface area contributed by atoms with Gasteiger partial charge >= 0.3 is 5.97 Å². The van der Waals surface area contributed by atoms with Gasteiger partial charge in [-0.1, -0.05) is 0 Å². The number of carboxylic acids is 1. The molecule has 5 nitrogen and oxygen atoms in total. The summed E-state index contributed by atoms with van der Waals surface area (Å²) in [4.78, 5) is 22.9. The number of hydrogen-bond donors (Lipinski definition) is 2. The maximum Gasteiger partial charge on any atom is 0.305 e. The summed E-state index contributed by atoms with van der Waals surface area (Å²) in [5.41, 5.74) is -0.427. The van der Waals surface area contributed by atoms with Crippen LogP contribution in [0.25, 0.3) is 0 Å². The molecule has 19 heavy (non-hydrogen) atoms. The van der Waals surface area contributed by atoms with Gasteiger partial charge in [-0.3, -0.25) is 9.59 Å². The first-order chi connectivity index (χ1) is 8.75. The van der Waals surface area contributed by atoms with Gasteiger partial charge in [0, 0.05) is 10.0 Å². The molecule has 0 aliphatic heterocycles. The molecule has 1 amide bonds. The van der Waals surface area contributed by atoms with Crippen molar-refractivity contribution in [3.63, 3.8) is 0 Å². The van der Waals surface area contributed by atoms with Gasteiger partial charge in [0.2, 0.25) is 0 Å². The lowest BCUT2D eigenvalue weighted by Crippen LogP contribution is -2.45. The van der Waals surface area contributed by atoms with Crippen molar-refractivity contribution in [3.05, 3.63) is 28.2 Å². The summed E-state index contributed by atoms with van der Waals surface area (Å²) >= 11 is 3.29. The first-order valence-electron chi connectivity index (χ1n) is 5.63. The maximum atomic E-state index is 12.1. The fourth-order valence-electron chi connectivity index (χ4n) is 1.60. The van der Waals surface area contributed by atoms with Crippen LogP contribution in [0.15, 0.2) is 22.7 Å². The number of halogens is 1. The van der Waals surface area contributed by atoms with Gasteiger partial charge in [-0.15, -0.1) is 0 Å². The molecule has 6 heteroatoms. The summed E-state index contributed by atoms with van der Waals surface area (Å²) in [6.07, 6.45) is -0.152. The van der Waals surface area contributed by atoms with Gasteiger partial charge < -0.3 is 15.2 Å². The second-order valence-electron chi connectivity index (χ2n) is 4.75. The molecule has 0 bridgehead atoms. The van der Waals surface area contributed by atoms with Gasteiger partial charge in [0.05, 0.1) is 19.1 Å². The lowest BCUT2D eigenvalue weighted by Gasteiger charge is -2.24. The van der Waals surface area contributed by atoms with Crippen LogP contribution in [-0.4, -0.2) is 29.6 Å². The van der Waals surface area contributed by atoms with Crippen molar-refractivity contribution in [2.24, 2.45) is 0 Å². The number of methoxy groups -OCH3 is 1. The minimum absolute atomic E-state index is 0.152. The molecule has 0 heterocycles. The van der Waals surface area contributed by atoms with E-state index >= 15 is 0 Å². The Hall–Kier alpha value is -1.56. The molecular weight excluding hydrogens is 314 g/mol. The second-order valence-corrected chi connectivity index (χ2v) is 5.61. The first-order valence-corrected chi connectivity index (χ1v) is 6.42. The van der Waals surface area contributed by atoms with Crippen molar-refractivity contribution in [3.8, 4) is 5.75 Å². The molecule has 0 atom stereocenters. The van der Waals surface area contributed by atoms with Crippen LogP contribution in [0, 0.1) is 0 Å². The summed E-state index contributed by atoms with van der Waals surface area (Å²) in [5, 5.41) is 11.5.